The van der Waals surface area contributed by atoms with Gasteiger partial charge >= 0.3 is 0 Å². The third-order valence-corrected chi connectivity index (χ3v) is 4.63. The van der Waals surface area contributed by atoms with E-state index in [1.54, 1.807) is 0 Å². The molecule has 1 saturated carbocycles. The molecule has 0 bridgehead atoms. The van der Waals surface area contributed by atoms with Gasteiger partial charge in [0, 0.05) is 12.0 Å². The number of ether oxygens (including phenoxy) is 1. The molecule has 18 heavy (non-hydrogen) atoms. The zero-order valence-electron chi connectivity index (χ0n) is 11.4. The number of benzene rings is 1. The maximum Gasteiger partial charge on any atom is 0.125 e. The summed E-state index contributed by atoms with van der Waals surface area (Å²) in [4.78, 5) is 0. The van der Waals surface area contributed by atoms with E-state index in [0.29, 0.717) is 0 Å². The largest absolute Gasteiger partial charge is 0.487 e. The Balaban J connectivity index is 1.83. The lowest BCUT2D eigenvalue weighted by atomic mass is 9.63. The van der Waals surface area contributed by atoms with Gasteiger partial charge in [0.15, 0.2) is 0 Å². The Morgan fingerprint density at radius 2 is 2.00 bits per heavy atom. The molecule has 0 saturated heterocycles. The smallest absolute Gasteiger partial charge is 0.125 e. The zero-order valence-corrected chi connectivity index (χ0v) is 11.4. The first kappa shape index (κ1) is 12.0. The number of aliphatic hydroxyl groups is 1. The maximum atomic E-state index is 10.3. The summed E-state index contributed by atoms with van der Waals surface area (Å²) in [5.41, 5.74) is 2.06. The lowest BCUT2D eigenvalue weighted by Gasteiger charge is -2.52. The molecule has 1 aromatic carbocycles. The van der Waals surface area contributed by atoms with E-state index in [-0.39, 0.29) is 11.7 Å². The van der Waals surface area contributed by atoms with E-state index in [0.717, 1.165) is 42.4 Å². The van der Waals surface area contributed by atoms with E-state index in [4.69, 9.17) is 4.74 Å². The summed E-state index contributed by atoms with van der Waals surface area (Å²) in [6.45, 7) is 6.59. The molecule has 1 unspecified atom stereocenters. The second-order valence-electron chi connectivity index (χ2n) is 6.46. The SMILES string of the molecule is Cc1ccc2c(c1)C(O)CC1(CC(C(C)C)C1)O2. The van der Waals surface area contributed by atoms with E-state index in [2.05, 4.69) is 26.8 Å². The van der Waals surface area contributed by atoms with Gasteiger partial charge in [-0.25, -0.2) is 0 Å². The standard InChI is InChI=1S/C16H22O2/c1-10(2)12-7-16(8-12)9-14(17)13-6-11(3)4-5-15(13)18-16/h4-6,10,12,14,17H,7-9H2,1-3H3. The lowest BCUT2D eigenvalue weighted by molar-refractivity contribution is -0.108. The first-order valence-electron chi connectivity index (χ1n) is 6.97. The first-order chi connectivity index (χ1) is 8.49. The average Bonchev–Trinajstić information content (AvgIpc) is 2.26. The van der Waals surface area contributed by atoms with Crippen molar-refractivity contribution in [1.82, 2.24) is 0 Å². The van der Waals surface area contributed by atoms with Crippen LogP contribution < -0.4 is 4.74 Å². The number of hydrogen-bond donors (Lipinski definition) is 1. The van der Waals surface area contributed by atoms with Crippen LogP contribution in [0.15, 0.2) is 18.2 Å². The van der Waals surface area contributed by atoms with Crippen molar-refractivity contribution < 1.29 is 9.84 Å². The lowest BCUT2D eigenvalue weighted by Crippen LogP contribution is -2.53. The molecule has 98 valence electrons. The molecule has 2 aliphatic rings. The molecule has 1 heterocycles. The second-order valence-corrected chi connectivity index (χ2v) is 6.46. The Morgan fingerprint density at radius 1 is 1.28 bits per heavy atom. The summed E-state index contributed by atoms with van der Waals surface area (Å²) < 4.78 is 6.20. The van der Waals surface area contributed by atoms with Gasteiger partial charge in [0.1, 0.15) is 11.4 Å². The number of fused-ring (bicyclic) bond motifs is 1. The molecule has 1 aromatic rings. The normalized spacial score (nSPS) is 34.1. The van der Waals surface area contributed by atoms with Crippen LogP contribution in [0.3, 0.4) is 0 Å². The summed E-state index contributed by atoms with van der Waals surface area (Å²) in [7, 11) is 0. The van der Waals surface area contributed by atoms with Crippen LogP contribution >= 0.6 is 0 Å². The highest BCUT2D eigenvalue weighted by Gasteiger charge is 2.51. The maximum absolute atomic E-state index is 10.3. The highest BCUT2D eigenvalue weighted by atomic mass is 16.5. The van der Waals surface area contributed by atoms with E-state index in [9.17, 15) is 5.11 Å². The first-order valence-corrected chi connectivity index (χ1v) is 6.97. The van der Waals surface area contributed by atoms with Crippen molar-refractivity contribution in [2.75, 3.05) is 0 Å². The van der Waals surface area contributed by atoms with Crippen LogP contribution in [0.4, 0.5) is 0 Å². The van der Waals surface area contributed by atoms with Crippen molar-refractivity contribution in [1.29, 1.82) is 0 Å². The third kappa shape index (κ3) is 1.83. The van der Waals surface area contributed by atoms with E-state index < -0.39 is 0 Å². The number of aryl methyl sites for hydroxylation is 1. The molecule has 0 amide bonds. The van der Waals surface area contributed by atoms with Crippen LogP contribution in [0.1, 0.15) is 50.3 Å². The van der Waals surface area contributed by atoms with Crippen molar-refractivity contribution in [2.24, 2.45) is 11.8 Å². The molecule has 3 rings (SSSR count). The van der Waals surface area contributed by atoms with Crippen LogP contribution in [0.5, 0.6) is 5.75 Å². The Hall–Kier alpha value is -1.02. The average molecular weight is 246 g/mol. The minimum absolute atomic E-state index is 0.0867. The molecular formula is C16H22O2. The molecule has 1 fully saturated rings. The van der Waals surface area contributed by atoms with Crippen LogP contribution in [0.25, 0.3) is 0 Å². The van der Waals surface area contributed by atoms with Gasteiger partial charge in [0.25, 0.3) is 0 Å². The van der Waals surface area contributed by atoms with Gasteiger partial charge in [-0.15, -0.1) is 0 Å². The third-order valence-electron chi connectivity index (χ3n) is 4.63. The van der Waals surface area contributed by atoms with Crippen molar-refractivity contribution in [2.45, 2.75) is 51.7 Å². The zero-order chi connectivity index (χ0) is 12.9. The number of aliphatic hydroxyl groups excluding tert-OH is 1. The van der Waals surface area contributed by atoms with Gasteiger partial charge in [-0.1, -0.05) is 25.5 Å². The summed E-state index contributed by atoms with van der Waals surface area (Å²) in [5, 5.41) is 10.3. The highest BCUT2D eigenvalue weighted by molar-refractivity contribution is 5.41. The van der Waals surface area contributed by atoms with Crippen molar-refractivity contribution >= 4 is 0 Å². The van der Waals surface area contributed by atoms with Crippen LogP contribution in [-0.4, -0.2) is 10.7 Å². The molecule has 1 N–H and O–H groups in total. The van der Waals surface area contributed by atoms with Crippen LogP contribution in [-0.2, 0) is 0 Å². The molecule has 1 aliphatic heterocycles. The number of rotatable bonds is 1. The van der Waals surface area contributed by atoms with Gasteiger partial charge < -0.3 is 9.84 Å². The fourth-order valence-corrected chi connectivity index (χ4v) is 3.38. The van der Waals surface area contributed by atoms with Crippen molar-refractivity contribution in [3.05, 3.63) is 29.3 Å². The van der Waals surface area contributed by atoms with Crippen molar-refractivity contribution in [3.63, 3.8) is 0 Å². The summed E-state index contributed by atoms with van der Waals surface area (Å²) in [5.74, 6) is 2.36. The predicted molar refractivity (Wildman–Crippen MR) is 71.7 cm³/mol. The Kier molecular flexibility index (Phi) is 2.67. The minimum Gasteiger partial charge on any atom is -0.487 e. The molecule has 1 aliphatic carbocycles. The molecule has 0 aromatic heterocycles. The van der Waals surface area contributed by atoms with E-state index >= 15 is 0 Å². The summed E-state index contributed by atoms with van der Waals surface area (Å²) in [6, 6.07) is 6.12. The topological polar surface area (TPSA) is 29.5 Å². The Bertz CT molecular complexity index is 458. The van der Waals surface area contributed by atoms with E-state index in [1.165, 1.54) is 5.56 Å². The van der Waals surface area contributed by atoms with Gasteiger partial charge in [-0.2, -0.15) is 0 Å². The summed E-state index contributed by atoms with van der Waals surface area (Å²) >= 11 is 0. The second kappa shape index (κ2) is 3.99. The predicted octanol–water partition coefficient (Wildman–Crippen LogP) is 3.62. The minimum atomic E-state index is -0.359. The van der Waals surface area contributed by atoms with Gasteiger partial charge in [0.05, 0.1) is 6.10 Å². The van der Waals surface area contributed by atoms with Gasteiger partial charge in [-0.05, 0) is 43.7 Å². The van der Waals surface area contributed by atoms with E-state index in [1.807, 2.05) is 12.1 Å². The Morgan fingerprint density at radius 3 is 2.67 bits per heavy atom. The van der Waals surface area contributed by atoms with Crippen LogP contribution in [0.2, 0.25) is 0 Å². The fourth-order valence-electron chi connectivity index (χ4n) is 3.38. The molecule has 1 atom stereocenters. The van der Waals surface area contributed by atoms with Crippen molar-refractivity contribution in [3.8, 4) is 5.75 Å². The molecule has 2 nitrogen and oxygen atoms in total. The highest BCUT2D eigenvalue weighted by Crippen LogP contribution is 2.53. The summed E-state index contributed by atoms with van der Waals surface area (Å²) in [6.07, 6.45) is 2.58. The monoisotopic (exact) mass is 246 g/mol. The molecule has 2 heteroatoms. The Labute approximate surface area is 109 Å². The quantitative estimate of drug-likeness (QED) is 0.820. The molecule has 0 radical (unpaired) electrons. The van der Waals surface area contributed by atoms with Crippen LogP contribution in [0, 0.1) is 18.8 Å². The molecule has 1 spiro atoms. The van der Waals surface area contributed by atoms with Gasteiger partial charge in [0.2, 0.25) is 0 Å². The fraction of sp³-hybridized carbons (Fsp3) is 0.625. The molecular weight excluding hydrogens is 224 g/mol. The number of hydrogen-bond acceptors (Lipinski definition) is 2. The van der Waals surface area contributed by atoms with Gasteiger partial charge in [-0.3, -0.25) is 0 Å².